The number of hydrogen-bond acceptors (Lipinski definition) is 3. The van der Waals surface area contributed by atoms with E-state index >= 15 is 0 Å². The summed E-state index contributed by atoms with van der Waals surface area (Å²) in [5.74, 6) is 2.51. The molecule has 90 valence electrons. The highest BCUT2D eigenvalue weighted by Gasteiger charge is 2.27. The van der Waals surface area contributed by atoms with Gasteiger partial charge in [-0.25, -0.2) is 0 Å². The van der Waals surface area contributed by atoms with Gasteiger partial charge in [-0.2, -0.15) is 11.8 Å². The van der Waals surface area contributed by atoms with E-state index in [-0.39, 0.29) is 6.10 Å². The molecule has 0 amide bonds. The molecule has 2 N–H and O–H groups in total. The van der Waals surface area contributed by atoms with Gasteiger partial charge in [-0.15, -0.1) is 0 Å². The molecule has 1 rings (SSSR count). The largest absolute Gasteiger partial charge is 0.393 e. The van der Waals surface area contributed by atoms with Crippen molar-refractivity contribution in [1.82, 2.24) is 5.32 Å². The van der Waals surface area contributed by atoms with Crippen molar-refractivity contribution in [2.75, 3.05) is 18.1 Å². The second-order valence-corrected chi connectivity index (χ2v) is 6.42. The Morgan fingerprint density at radius 1 is 1.53 bits per heavy atom. The number of hydrogen-bond donors (Lipinski definition) is 2. The molecule has 2 unspecified atom stereocenters. The van der Waals surface area contributed by atoms with E-state index < -0.39 is 0 Å². The Morgan fingerprint density at radius 3 is 2.87 bits per heavy atom. The summed E-state index contributed by atoms with van der Waals surface area (Å²) < 4.78 is 0. The first-order valence-electron chi connectivity index (χ1n) is 6.02. The highest BCUT2D eigenvalue weighted by Crippen LogP contribution is 2.33. The number of aliphatic hydroxyl groups is 1. The summed E-state index contributed by atoms with van der Waals surface area (Å²) in [5, 5.41) is 13.0. The molecule has 0 aromatic carbocycles. The van der Waals surface area contributed by atoms with Crippen molar-refractivity contribution in [2.45, 2.75) is 52.2 Å². The van der Waals surface area contributed by atoms with Crippen molar-refractivity contribution < 1.29 is 5.11 Å². The normalized spacial score (nSPS) is 27.6. The van der Waals surface area contributed by atoms with Gasteiger partial charge in [-0.3, -0.25) is 0 Å². The number of nitrogens with one attached hydrogen (secondary N) is 1. The lowest BCUT2D eigenvalue weighted by Crippen LogP contribution is -2.41. The molecule has 15 heavy (non-hydrogen) atoms. The number of aliphatic hydroxyl groups excluding tert-OH is 1. The van der Waals surface area contributed by atoms with Crippen molar-refractivity contribution in [2.24, 2.45) is 5.41 Å². The van der Waals surface area contributed by atoms with Gasteiger partial charge in [0.15, 0.2) is 0 Å². The highest BCUT2D eigenvalue weighted by atomic mass is 32.2. The second kappa shape index (κ2) is 6.12. The fraction of sp³-hybridized carbons (Fsp3) is 1.00. The molecule has 2 atom stereocenters. The van der Waals surface area contributed by atoms with E-state index in [1.54, 1.807) is 0 Å². The van der Waals surface area contributed by atoms with Gasteiger partial charge in [0.05, 0.1) is 6.10 Å². The molecule has 3 heteroatoms. The quantitative estimate of drug-likeness (QED) is 0.761. The van der Waals surface area contributed by atoms with Crippen LogP contribution in [0.1, 0.15) is 40.0 Å². The van der Waals surface area contributed by atoms with E-state index in [9.17, 15) is 5.11 Å². The van der Waals surface area contributed by atoms with Gasteiger partial charge in [0.1, 0.15) is 0 Å². The molecule has 1 saturated heterocycles. The SMILES string of the molecule is CCC(O)CCNC1CSCC(C)(C)C1. The maximum Gasteiger partial charge on any atom is 0.0549 e. The molecule has 2 nitrogen and oxygen atoms in total. The molecule has 0 radical (unpaired) electrons. The van der Waals surface area contributed by atoms with Crippen LogP contribution in [0.5, 0.6) is 0 Å². The number of rotatable bonds is 5. The van der Waals surface area contributed by atoms with Gasteiger partial charge < -0.3 is 10.4 Å². The Balaban J connectivity index is 2.16. The van der Waals surface area contributed by atoms with Crippen LogP contribution >= 0.6 is 11.8 Å². The minimum absolute atomic E-state index is 0.123. The topological polar surface area (TPSA) is 32.3 Å². The number of thioether (sulfide) groups is 1. The average Bonchev–Trinajstić information content (AvgIpc) is 2.16. The molecule has 0 aromatic rings. The van der Waals surface area contributed by atoms with Crippen molar-refractivity contribution in [3.63, 3.8) is 0 Å². The average molecular weight is 231 g/mol. The molecular weight excluding hydrogens is 206 g/mol. The molecular formula is C12H25NOS. The highest BCUT2D eigenvalue weighted by molar-refractivity contribution is 7.99. The van der Waals surface area contributed by atoms with Crippen LogP contribution in [0.4, 0.5) is 0 Å². The van der Waals surface area contributed by atoms with Crippen LogP contribution in [0.2, 0.25) is 0 Å². The van der Waals surface area contributed by atoms with Crippen LogP contribution in [-0.4, -0.2) is 35.3 Å². The van der Waals surface area contributed by atoms with E-state index in [2.05, 4.69) is 19.2 Å². The summed E-state index contributed by atoms with van der Waals surface area (Å²) in [6.45, 7) is 7.67. The van der Waals surface area contributed by atoms with Crippen LogP contribution in [-0.2, 0) is 0 Å². The third-order valence-electron chi connectivity index (χ3n) is 2.99. The molecule has 0 spiro atoms. The lowest BCUT2D eigenvalue weighted by molar-refractivity contribution is 0.157. The van der Waals surface area contributed by atoms with Crippen molar-refractivity contribution >= 4 is 11.8 Å². The molecule has 0 bridgehead atoms. The Morgan fingerprint density at radius 2 is 2.27 bits per heavy atom. The van der Waals surface area contributed by atoms with Gasteiger partial charge in [0, 0.05) is 11.8 Å². The van der Waals surface area contributed by atoms with Gasteiger partial charge >= 0.3 is 0 Å². The molecule has 1 heterocycles. The molecule has 0 aliphatic carbocycles. The summed E-state index contributed by atoms with van der Waals surface area (Å²) >= 11 is 2.05. The van der Waals surface area contributed by atoms with Crippen molar-refractivity contribution in [3.05, 3.63) is 0 Å². The first-order valence-corrected chi connectivity index (χ1v) is 7.18. The van der Waals surface area contributed by atoms with Crippen LogP contribution in [0.25, 0.3) is 0 Å². The van der Waals surface area contributed by atoms with Gasteiger partial charge in [0.25, 0.3) is 0 Å². The fourth-order valence-corrected chi connectivity index (χ4v) is 3.36. The van der Waals surface area contributed by atoms with Crippen molar-refractivity contribution in [3.8, 4) is 0 Å². The predicted octanol–water partition coefficient (Wildman–Crippen LogP) is 2.27. The third-order valence-corrected chi connectivity index (χ3v) is 4.62. The first-order chi connectivity index (χ1) is 7.03. The maximum absolute atomic E-state index is 9.44. The zero-order chi connectivity index (χ0) is 11.3. The summed E-state index contributed by atoms with van der Waals surface area (Å²) in [6.07, 6.45) is 2.90. The van der Waals surface area contributed by atoms with Gasteiger partial charge in [-0.05, 0) is 37.0 Å². The van der Waals surface area contributed by atoms with Crippen LogP contribution in [0, 0.1) is 5.41 Å². The summed E-state index contributed by atoms with van der Waals surface area (Å²) in [5.41, 5.74) is 0.476. The lowest BCUT2D eigenvalue weighted by atomic mass is 9.88. The Hall–Kier alpha value is 0.270. The standard InChI is InChI=1S/C12H25NOS/c1-4-11(14)5-6-13-10-7-12(2,3)9-15-8-10/h10-11,13-14H,4-9H2,1-3H3. The third kappa shape index (κ3) is 5.23. The van der Waals surface area contributed by atoms with E-state index in [1.165, 1.54) is 17.9 Å². The summed E-state index contributed by atoms with van der Waals surface area (Å²) in [6, 6.07) is 0.641. The molecule has 1 fully saturated rings. The predicted molar refractivity (Wildman–Crippen MR) is 68.4 cm³/mol. The van der Waals surface area contributed by atoms with E-state index in [0.29, 0.717) is 11.5 Å². The minimum atomic E-state index is -0.123. The Bertz CT molecular complexity index is 184. The monoisotopic (exact) mass is 231 g/mol. The molecule has 1 aliphatic rings. The van der Waals surface area contributed by atoms with Crippen LogP contribution in [0.15, 0.2) is 0 Å². The van der Waals surface area contributed by atoms with E-state index in [1.807, 2.05) is 18.7 Å². The van der Waals surface area contributed by atoms with Gasteiger partial charge in [-0.1, -0.05) is 20.8 Å². The maximum atomic E-state index is 9.44. The Labute approximate surface area is 98.2 Å². The zero-order valence-electron chi connectivity index (χ0n) is 10.3. The molecule has 1 aliphatic heterocycles. The summed E-state index contributed by atoms with van der Waals surface area (Å²) in [7, 11) is 0. The van der Waals surface area contributed by atoms with Crippen molar-refractivity contribution in [1.29, 1.82) is 0 Å². The van der Waals surface area contributed by atoms with Crippen LogP contribution < -0.4 is 5.32 Å². The fourth-order valence-electron chi connectivity index (χ4n) is 2.05. The zero-order valence-corrected chi connectivity index (χ0v) is 11.1. The van der Waals surface area contributed by atoms with Gasteiger partial charge in [0.2, 0.25) is 0 Å². The van der Waals surface area contributed by atoms with E-state index in [4.69, 9.17) is 0 Å². The van der Waals surface area contributed by atoms with E-state index in [0.717, 1.165) is 19.4 Å². The molecule has 0 saturated carbocycles. The lowest BCUT2D eigenvalue weighted by Gasteiger charge is -2.35. The molecule has 0 aromatic heterocycles. The first kappa shape index (κ1) is 13.3. The van der Waals surface area contributed by atoms with Crippen LogP contribution in [0.3, 0.4) is 0 Å². The summed E-state index contributed by atoms with van der Waals surface area (Å²) in [4.78, 5) is 0. The smallest absolute Gasteiger partial charge is 0.0549 e. The minimum Gasteiger partial charge on any atom is -0.393 e. The second-order valence-electron chi connectivity index (χ2n) is 5.39. The Kier molecular flexibility index (Phi) is 5.44.